The van der Waals surface area contributed by atoms with Crippen LogP contribution in [-0.2, 0) is 6.42 Å². The molecule has 1 N–H and O–H groups in total. The minimum absolute atomic E-state index is 0.219. The van der Waals surface area contributed by atoms with Crippen LogP contribution in [0.1, 0.15) is 11.3 Å². The lowest BCUT2D eigenvalue weighted by Crippen LogP contribution is -2.12. The molecule has 0 radical (unpaired) electrons. The molecule has 0 aliphatic rings. The summed E-state index contributed by atoms with van der Waals surface area (Å²) in [5, 5.41) is 7.85. The van der Waals surface area contributed by atoms with Gasteiger partial charge in [0.05, 0.1) is 16.6 Å². The van der Waals surface area contributed by atoms with Gasteiger partial charge in [-0.3, -0.25) is 9.78 Å². The standard InChI is InChI=1S/C14H10ClN3O/c15-10-5-3-9(4-6-10)8-12-13-11(2-1-7-16-13)14(19)18-17-12/h1-7H,8H2,(H,18,19). The summed E-state index contributed by atoms with van der Waals surface area (Å²) in [5.41, 5.74) is 2.23. The Kier molecular flexibility index (Phi) is 3.01. The van der Waals surface area contributed by atoms with Gasteiger partial charge in [0.1, 0.15) is 0 Å². The van der Waals surface area contributed by atoms with Crippen LogP contribution in [0.4, 0.5) is 0 Å². The minimum atomic E-state index is -0.219. The minimum Gasteiger partial charge on any atom is -0.267 e. The Hall–Kier alpha value is -2.20. The number of aromatic amines is 1. The normalized spacial score (nSPS) is 10.8. The van der Waals surface area contributed by atoms with Crippen molar-refractivity contribution < 1.29 is 0 Å². The van der Waals surface area contributed by atoms with Crippen LogP contribution in [0, 0.1) is 0 Å². The highest BCUT2D eigenvalue weighted by Crippen LogP contribution is 2.16. The third kappa shape index (κ3) is 2.35. The van der Waals surface area contributed by atoms with Gasteiger partial charge >= 0.3 is 0 Å². The van der Waals surface area contributed by atoms with Crippen LogP contribution in [0.3, 0.4) is 0 Å². The molecule has 0 unspecified atom stereocenters. The maximum absolute atomic E-state index is 11.7. The molecule has 4 nitrogen and oxygen atoms in total. The van der Waals surface area contributed by atoms with Crippen LogP contribution in [0.2, 0.25) is 5.02 Å². The second-order valence-corrected chi connectivity index (χ2v) is 4.64. The Morgan fingerprint density at radius 1 is 1.16 bits per heavy atom. The van der Waals surface area contributed by atoms with E-state index in [1.807, 2.05) is 24.3 Å². The smallest absolute Gasteiger partial charge is 0.267 e. The summed E-state index contributed by atoms with van der Waals surface area (Å²) < 4.78 is 0. The Labute approximate surface area is 114 Å². The SMILES string of the molecule is O=c1[nH]nc(Cc2ccc(Cl)cc2)c2ncccc12. The number of hydrogen-bond acceptors (Lipinski definition) is 3. The zero-order valence-electron chi connectivity index (χ0n) is 9.93. The summed E-state index contributed by atoms with van der Waals surface area (Å²) in [6.45, 7) is 0. The second-order valence-electron chi connectivity index (χ2n) is 4.20. The molecule has 3 rings (SSSR count). The van der Waals surface area contributed by atoms with Gasteiger partial charge in [0.2, 0.25) is 0 Å². The summed E-state index contributed by atoms with van der Waals surface area (Å²) >= 11 is 5.86. The van der Waals surface area contributed by atoms with Crippen molar-refractivity contribution in [2.45, 2.75) is 6.42 Å². The zero-order valence-corrected chi connectivity index (χ0v) is 10.7. The number of rotatable bonds is 2. The molecule has 0 spiro atoms. The first-order valence-corrected chi connectivity index (χ1v) is 6.18. The summed E-state index contributed by atoms with van der Waals surface area (Å²) in [4.78, 5) is 15.9. The van der Waals surface area contributed by atoms with Crippen LogP contribution in [0.25, 0.3) is 10.9 Å². The molecular weight excluding hydrogens is 262 g/mol. The van der Waals surface area contributed by atoms with E-state index in [0.29, 0.717) is 22.3 Å². The lowest BCUT2D eigenvalue weighted by Gasteiger charge is -2.04. The number of benzene rings is 1. The van der Waals surface area contributed by atoms with Crippen molar-refractivity contribution in [3.05, 3.63) is 69.2 Å². The van der Waals surface area contributed by atoms with Gasteiger partial charge in [0.25, 0.3) is 5.56 Å². The summed E-state index contributed by atoms with van der Waals surface area (Å²) in [7, 11) is 0. The number of aromatic nitrogens is 3. The van der Waals surface area contributed by atoms with Crippen LogP contribution in [0.15, 0.2) is 47.4 Å². The first-order chi connectivity index (χ1) is 9.24. The highest BCUT2D eigenvalue weighted by Gasteiger charge is 2.07. The van der Waals surface area contributed by atoms with Crippen molar-refractivity contribution in [1.82, 2.24) is 15.2 Å². The van der Waals surface area contributed by atoms with E-state index in [2.05, 4.69) is 15.2 Å². The average molecular weight is 272 g/mol. The molecule has 19 heavy (non-hydrogen) atoms. The predicted molar refractivity (Wildman–Crippen MR) is 74.4 cm³/mol. The van der Waals surface area contributed by atoms with E-state index >= 15 is 0 Å². The van der Waals surface area contributed by atoms with Gasteiger partial charge in [-0.1, -0.05) is 23.7 Å². The van der Waals surface area contributed by atoms with Crippen molar-refractivity contribution in [1.29, 1.82) is 0 Å². The van der Waals surface area contributed by atoms with E-state index in [0.717, 1.165) is 11.3 Å². The number of H-pyrrole nitrogens is 1. The molecule has 0 amide bonds. The fourth-order valence-corrected chi connectivity index (χ4v) is 2.09. The first-order valence-electron chi connectivity index (χ1n) is 5.81. The summed E-state index contributed by atoms with van der Waals surface area (Å²) in [6.07, 6.45) is 2.26. The zero-order chi connectivity index (χ0) is 13.2. The maximum Gasteiger partial charge on any atom is 0.273 e. The average Bonchev–Trinajstić information content (AvgIpc) is 2.45. The summed E-state index contributed by atoms with van der Waals surface area (Å²) in [5.74, 6) is 0. The fourth-order valence-electron chi connectivity index (χ4n) is 1.97. The Morgan fingerprint density at radius 3 is 2.74 bits per heavy atom. The summed E-state index contributed by atoms with van der Waals surface area (Å²) in [6, 6.07) is 11.0. The Bertz CT molecular complexity index is 781. The van der Waals surface area contributed by atoms with Crippen LogP contribution >= 0.6 is 11.6 Å². The van der Waals surface area contributed by atoms with Crippen molar-refractivity contribution in [3.8, 4) is 0 Å². The van der Waals surface area contributed by atoms with Gasteiger partial charge in [0, 0.05) is 17.6 Å². The lowest BCUT2D eigenvalue weighted by atomic mass is 10.1. The molecule has 5 heteroatoms. The van der Waals surface area contributed by atoms with Crippen molar-refractivity contribution >= 4 is 22.5 Å². The number of pyridine rings is 1. The number of halogens is 1. The Morgan fingerprint density at radius 2 is 1.95 bits per heavy atom. The van der Waals surface area contributed by atoms with Crippen molar-refractivity contribution in [3.63, 3.8) is 0 Å². The molecule has 2 aromatic heterocycles. The van der Waals surface area contributed by atoms with Crippen LogP contribution < -0.4 is 5.56 Å². The number of fused-ring (bicyclic) bond motifs is 1. The van der Waals surface area contributed by atoms with Crippen molar-refractivity contribution in [2.24, 2.45) is 0 Å². The highest BCUT2D eigenvalue weighted by molar-refractivity contribution is 6.30. The Balaban J connectivity index is 2.08. The monoisotopic (exact) mass is 271 g/mol. The van der Waals surface area contributed by atoms with Gasteiger partial charge in [-0.15, -0.1) is 0 Å². The van der Waals surface area contributed by atoms with Gasteiger partial charge in [-0.05, 0) is 29.8 Å². The highest BCUT2D eigenvalue weighted by atomic mass is 35.5. The van der Waals surface area contributed by atoms with E-state index in [1.165, 1.54) is 0 Å². The molecule has 0 aliphatic carbocycles. The largest absolute Gasteiger partial charge is 0.273 e. The molecule has 0 saturated carbocycles. The fraction of sp³-hybridized carbons (Fsp3) is 0.0714. The molecule has 0 saturated heterocycles. The molecule has 1 aromatic carbocycles. The third-order valence-corrected chi connectivity index (χ3v) is 3.15. The molecule has 0 bridgehead atoms. The quantitative estimate of drug-likeness (QED) is 0.779. The molecule has 2 heterocycles. The van der Waals surface area contributed by atoms with E-state index in [1.54, 1.807) is 18.3 Å². The van der Waals surface area contributed by atoms with Gasteiger partial charge in [-0.2, -0.15) is 5.10 Å². The molecule has 0 atom stereocenters. The van der Waals surface area contributed by atoms with Gasteiger partial charge in [-0.25, -0.2) is 5.10 Å². The van der Waals surface area contributed by atoms with E-state index in [9.17, 15) is 4.79 Å². The lowest BCUT2D eigenvalue weighted by molar-refractivity contribution is 0.927. The number of hydrogen-bond donors (Lipinski definition) is 1. The van der Waals surface area contributed by atoms with Crippen molar-refractivity contribution in [2.75, 3.05) is 0 Å². The van der Waals surface area contributed by atoms with E-state index in [4.69, 9.17) is 11.6 Å². The van der Waals surface area contributed by atoms with Gasteiger partial charge < -0.3 is 0 Å². The number of nitrogens with zero attached hydrogens (tertiary/aromatic N) is 2. The predicted octanol–water partition coefficient (Wildman–Crippen LogP) is 2.56. The second kappa shape index (κ2) is 4.82. The van der Waals surface area contributed by atoms with E-state index < -0.39 is 0 Å². The molecular formula is C14H10ClN3O. The third-order valence-electron chi connectivity index (χ3n) is 2.90. The first kappa shape index (κ1) is 11.9. The van der Waals surface area contributed by atoms with Crippen LogP contribution in [-0.4, -0.2) is 15.2 Å². The number of nitrogens with one attached hydrogen (secondary N) is 1. The van der Waals surface area contributed by atoms with Crippen LogP contribution in [0.5, 0.6) is 0 Å². The topological polar surface area (TPSA) is 58.6 Å². The van der Waals surface area contributed by atoms with Gasteiger partial charge in [0.15, 0.2) is 0 Å². The molecule has 3 aromatic rings. The molecule has 94 valence electrons. The van der Waals surface area contributed by atoms with E-state index in [-0.39, 0.29) is 5.56 Å². The molecule has 0 aliphatic heterocycles. The molecule has 0 fully saturated rings. The maximum atomic E-state index is 11.7.